The normalized spacial score (nSPS) is 14.2. The average molecular weight is 1910 g/mol. The molecule has 4 atom stereocenters. The number of carboxylic acid groups (broad SMARTS) is 1. The number of allylic oxidation sites excluding steroid dienone is 4. The molecule has 0 fully saturated rings. The average Bonchev–Trinajstić information content (AvgIpc) is 1.62. The maximum absolute atomic E-state index is 11.7. The Balaban J connectivity index is -0.000000234. The molecule has 0 spiro atoms. The van der Waals surface area contributed by atoms with Crippen molar-refractivity contribution in [3.8, 4) is 34.5 Å². The van der Waals surface area contributed by atoms with Crippen LogP contribution in [0.4, 0.5) is 0 Å². The molecule has 3 aliphatic rings. The first-order chi connectivity index (χ1) is 51.2. The number of aliphatic hydroxyl groups excluding tert-OH is 1. The van der Waals surface area contributed by atoms with E-state index in [1.165, 1.54) is 64.3 Å². The second-order valence-corrected chi connectivity index (χ2v) is 31.7. The number of hydrogen-bond donors (Lipinski definition) is 4. The van der Waals surface area contributed by atoms with Gasteiger partial charge in [-0.2, -0.15) is 0 Å². The number of aliphatic hydroxyl groups is 1. The van der Waals surface area contributed by atoms with E-state index in [1.54, 1.807) is 30.3 Å². The molecule has 6 aromatic rings. The van der Waals surface area contributed by atoms with Gasteiger partial charge in [0.05, 0.1) is 40.9 Å². The van der Waals surface area contributed by atoms with Crippen molar-refractivity contribution in [3.63, 3.8) is 0 Å². The monoisotopic (exact) mass is 1910 g/mol. The van der Waals surface area contributed by atoms with Gasteiger partial charge in [0.25, 0.3) is 12.9 Å². The number of phenolic OH excluding ortho intramolecular Hbond substituents is 2. The predicted molar refractivity (Wildman–Crippen MR) is 451 cm³/mol. The van der Waals surface area contributed by atoms with Crippen molar-refractivity contribution in [1.82, 2.24) is 0 Å². The number of halogens is 10. The number of benzene rings is 6. The van der Waals surface area contributed by atoms with E-state index < -0.39 is 33.1 Å². The number of carbonyl (C=O) groups is 6. The quantitative estimate of drug-likeness (QED) is 0.00961. The van der Waals surface area contributed by atoms with Crippen molar-refractivity contribution in [2.24, 2.45) is 0 Å². The number of aromatic hydroxyl groups is 2. The molecule has 0 aromatic heterocycles. The molecule has 4 N–H and O–H groups in total. The zero-order chi connectivity index (χ0) is 85.1. The number of esters is 4. The van der Waals surface area contributed by atoms with Gasteiger partial charge in [-0.3, -0.25) is 9.59 Å². The van der Waals surface area contributed by atoms with Crippen LogP contribution in [0.1, 0.15) is 187 Å². The number of alkyl halides is 2. The van der Waals surface area contributed by atoms with Crippen molar-refractivity contribution < 1.29 is 226 Å². The molecule has 0 aliphatic carbocycles. The first-order valence-electron chi connectivity index (χ1n) is 32.7. The molecule has 3 heterocycles. The van der Waals surface area contributed by atoms with Crippen molar-refractivity contribution in [2.75, 3.05) is 40.4 Å². The summed E-state index contributed by atoms with van der Waals surface area (Å²) < 4.78 is 50.4. The largest absolute Gasteiger partial charge is 1.00 e. The van der Waals surface area contributed by atoms with E-state index in [0.29, 0.717) is 65.8 Å². The van der Waals surface area contributed by atoms with Crippen molar-refractivity contribution in [2.45, 2.75) is 157 Å². The van der Waals surface area contributed by atoms with Crippen LogP contribution in [0.25, 0.3) is 0 Å². The van der Waals surface area contributed by atoms with Crippen LogP contribution in [0.3, 0.4) is 0 Å². The molecular formula is C78H98AlBrCl9K2LiO21S. The Kier molecular flexibility index (Phi) is 63.6. The molecule has 114 heavy (non-hydrogen) atoms. The summed E-state index contributed by atoms with van der Waals surface area (Å²) in [6.45, 7) is 34.4. The molecule has 0 bridgehead atoms. The van der Waals surface area contributed by atoms with Gasteiger partial charge in [0.15, 0.2) is 17.4 Å². The van der Waals surface area contributed by atoms with Crippen LogP contribution in [-0.2, 0) is 71.4 Å². The SMILES string of the molecule is C=C(C)C(C)c1cc(Cl)cc(C(=O)OC)c1O.CC(C)=CCBr.CC1Oc2c(CCl)cc(Cl)cc2C1(C)C.CC1Oc2c(CO)cc(Cl)cc2C1(C)C.COC(=O)c1cc(Cl)cc2c1OC(C)C2(C)C.COC(=O)c1cc(Cl)ccc1O.COC(=O)c1cc(Cl)ccc1OCC=C(C)C.O=CO.O=CO[O-].O=S(Cl)Cl.[AlH3].[H-].[H-].[K+].[K+].[Li+]. The third-order valence-corrected chi connectivity index (χ3v) is 18.7. The maximum atomic E-state index is 11.7. The topological polar surface area (TPSA) is 307 Å². The van der Waals surface area contributed by atoms with Crippen LogP contribution >= 0.6 is 119 Å². The molecule has 0 saturated carbocycles. The Bertz CT molecular complexity index is 4120. The second-order valence-electron chi connectivity index (χ2n) is 25.7. The van der Waals surface area contributed by atoms with Gasteiger partial charge in [0.2, 0.25) is 9.23 Å². The molecule has 3 aliphatic heterocycles. The van der Waals surface area contributed by atoms with Crippen molar-refractivity contribution in [1.29, 1.82) is 0 Å². The predicted octanol–water partition coefficient (Wildman–Crippen LogP) is 10.6. The summed E-state index contributed by atoms with van der Waals surface area (Å²) in [4.78, 5) is 65.2. The van der Waals surface area contributed by atoms with Gasteiger partial charge in [0, 0.05) is 112 Å². The Morgan fingerprint density at radius 2 is 0.930 bits per heavy atom. The summed E-state index contributed by atoms with van der Waals surface area (Å²) in [5.41, 5.74) is 9.60. The Labute approximate surface area is 834 Å². The Morgan fingerprint density at radius 1 is 0.596 bits per heavy atom. The number of carbonyl (C=O) groups excluding carboxylic acids is 5. The Hall–Kier alpha value is -2.28. The number of phenols is 2. The number of fused-ring (bicyclic) bond motifs is 3. The molecule has 21 nitrogen and oxygen atoms in total. The molecule has 4 unspecified atom stereocenters. The standard InChI is InChI=1S/3C13H15ClO3.C12H14Cl2O.C12H15ClO2.C8H7ClO3.C5H9Br.CH2O3.CH2O2.Al.Cl2OS.2K.Li.5H/c1-7-13(2,3)10-6-8(14)5-9(11(10)17-7)12(15)16-4;1-7(2)8(3)10-5-9(14)6-11(12(10)15)13(16)17-4;1-9(2)6-7-17-12-5-4-10(14)8-11(12)13(15)16-3;1-7-12(2,3)10-5-9(14)4-8(6-13)11(10)15-7;1-7-12(2,3)10-5-9(13)4-8(6-14)11(10)15-7;1-12-8(11)6-4-5(9)2-3-7(6)10;1-5(2)3-4-6;2-1-4-3;2-1-3;;1-4(2)3;;;;;;;;/h5-7H,1-4H3;5-6,8,15H,1H2,2-4H3;4-6,8H,7H2,1-3H3;4-5,7H,6H2,1-3H3;4-5,7,14H,6H2,1-3H3;2-4,10H,1H3;3H,4H2,1-2H3;1,3H;1H,(H,2,3);;;;;;;;;;/q;;;;;;;;;;;3*+1;;;;2*-1/p-1. The van der Waals surface area contributed by atoms with Gasteiger partial charge >= 0.3 is 146 Å². The van der Waals surface area contributed by atoms with Crippen molar-refractivity contribution >= 4 is 182 Å². The van der Waals surface area contributed by atoms with Gasteiger partial charge in [-0.15, -0.1) is 11.6 Å². The van der Waals surface area contributed by atoms with Gasteiger partial charge < -0.3 is 71.3 Å². The van der Waals surface area contributed by atoms with Crippen LogP contribution in [0, 0.1) is 0 Å². The van der Waals surface area contributed by atoms with Crippen molar-refractivity contribution in [3.05, 3.63) is 206 Å². The number of rotatable bonds is 13. The van der Waals surface area contributed by atoms with Gasteiger partial charge in [-0.25, -0.2) is 23.4 Å². The molecule has 0 radical (unpaired) electrons. The van der Waals surface area contributed by atoms with Crippen LogP contribution in [0.5, 0.6) is 34.5 Å². The first kappa shape index (κ1) is 120. The minimum Gasteiger partial charge on any atom is -1.00 e. The fourth-order valence-corrected chi connectivity index (χ4v) is 11.6. The number of methoxy groups -OCH3 is 4. The zero-order valence-electron chi connectivity index (χ0n) is 69.2. The second kappa shape index (κ2) is 60.3. The molecule has 9 rings (SSSR count). The molecule has 0 amide bonds. The van der Waals surface area contributed by atoms with Gasteiger partial charge in [-0.1, -0.05) is 163 Å². The molecule has 618 valence electrons. The van der Waals surface area contributed by atoms with E-state index in [9.17, 15) is 34.5 Å². The third kappa shape index (κ3) is 39.3. The molecule has 36 heteroatoms. The van der Waals surface area contributed by atoms with Gasteiger partial charge in [0.1, 0.15) is 81.7 Å². The number of ether oxygens (including phenoxy) is 8. The van der Waals surface area contributed by atoms with E-state index in [4.69, 9.17) is 129 Å². The van der Waals surface area contributed by atoms with Crippen LogP contribution in [0.15, 0.2) is 120 Å². The van der Waals surface area contributed by atoms with E-state index in [0.717, 1.165) is 60.8 Å². The summed E-state index contributed by atoms with van der Waals surface area (Å²) in [6, 6.07) is 23.0. The van der Waals surface area contributed by atoms with Crippen LogP contribution in [0.2, 0.25) is 30.1 Å². The summed E-state index contributed by atoms with van der Waals surface area (Å²) in [7, 11) is 12.5. The first-order valence-corrected chi connectivity index (χ1v) is 39.4. The van der Waals surface area contributed by atoms with E-state index in [-0.39, 0.29) is 224 Å². The maximum Gasteiger partial charge on any atom is 1.00 e. The summed E-state index contributed by atoms with van der Waals surface area (Å²) >= 11 is 44.6. The molecule has 6 aromatic carbocycles. The molecular weight excluding hydrogens is 1820 g/mol. The fourth-order valence-electron chi connectivity index (χ4n) is 9.46. The summed E-state index contributed by atoms with van der Waals surface area (Å²) in [5.74, 6) is 0.818. The summed E-state index contributed by atoms with van der Waals surface area (Å²) in [5, 5.41) is 47.9. The molecule has 0 saturated heterocycles. The minimum atomic E-state index is -1.67. The zero-order valence-corrected chi connectivity index (χ0v) is 82.6. The van der Waals surface area contributed by atoms with Gasteiger partial charge in [-0.05, 0) is 146 Å². The fraction of sp³-hybridized carbons (Fsp3) is 0.385. The third-order valence-electron chi connectivity index (χ3n) is 16.7. The van der Waals surface area contributed by atoms with Crippen LogP contribution < -0.4 is 146 Å². The van der Waals surface area contributed by atoms with Crippen LogP contribution in [-0.4, -0.2) is 138 Å². The minimum absolute atomic E-state index is 0. The smallest absolute Gasteiger partial charge is 1.00 e. The Morgan fingerprint density at radius 3 is 1.31 bits per heavy atom. The van der Waals surface area contributed by atoms with E-state index in [1.807, 2.05) is 71.9 Å². The van der Waals surface area contributed by atoms with E-state index >= 15 is 0 Å². The van der Waals surface area contributed by atoms with E-state index in [2.05, 4.69) is 131 Å². The number of hydrogen-bond acceptors (Lipinski definition) is 20. The summed E-state index contributed by atoms with van der Waals surface area (Å²) in [6.07, 6.45) is 4.32.